The number of aliphatic carboxylic acids is 1. The number of halogens is 2. The molecule has 1 N–H and O–H groups in total. The van der Waals surface area contributed by atoms with Gasteiger partial charge >= 0.3 is 5.97 Å². The maximum Gasteiger partial charge on any atom is 0.304 e. The first kappa shape index (κ1) is 30.3. The second-order valence-electron chi connectivity index (χ2n) is 11.6. The van der Waals surface area contributed by atoms with Gasteiger partial charge in [0.25, 0.3) is 0 Å². The predicted molar refractivity (Wildman–Crippen MR) is 163 cm³/mol. The van der Waals surface area contributed by atoms with Crippen LogP contribution in [0.2, 0.25) is 10.0 Å². The molecule has 42 heavy (non-hydrogen) atoms. The number of sulfonamides is 1. The molecule has 5 rings (SSSR count). The Balaban J connectivity index is 1.70. The highest BCUT2D eigenvalue weighted by Gasteiger charge is 2.55. The molecule has 0 spiro atoms. The molecule has 1 amide bonds. The summed E-state index contributed by atoms with van der Waals surface area (Å²) in [5.41, 5.74) is 0.864. The third-order valence-electron chi connectivity index (χ3n) is 8.34. The first-order chi connectivity index (χ1) is 19.9. The lowest BCUT2D eigenvalue weighted by Gasteiger charge is -2.52. The van der Waals surface area contributed by atoms with Crippen molar-refractivity contribution in [2.75, 3.05) is 17.1 Å². The molecule has 2 fully saturated rings. The monoisotopic (exact) mass is 629 g/mol. The average molecular weight is 631 g/mol. The van der Waals surface area contributed by atoms with E-state index in [4.69, 9.17) is 23.2 Å². The number of benzene rings is 2. The number of likely N-dealkylation sites (tertiary alicyclic amines) is 1. The summed E-state index contributed by atoms with van der Waals surface area (Å²) in [4.78, 5) is 32.7. The molecule has 1 aliphatic carbocycles. The van der Waals surface area contributed by atoms with Crippen LogP contribution in [0.4, 0.5) is 5.69 Å². The van der Waals surface area contributed by atoms with Crippen molar-refractivity contribution in [3.8, 4) is 0 Å². The van der Waals surface area contributed by atoms with E-state index < -0.39 is 33.5 Å². The van der Waals surface area contributed by atoms with Crippen LogP contribution in [-0.4, -0.2) is 54.1 Å². The molecular weight excluding hydrogens is 597 g/mol. The number of anilines is 1. The van der Waals surface area contributed by atoms with Crippen LogP contribution in [0.25, 0.3) is 0 Å². The minimum absolute atomic E-state index is 0.0104. The van der Waals surface area contributed by atoms with Gasteiger partial charge in [-0.3, -0.25) is 18.9 Å². The van der Waals surface area contributed by atoms with Gasteiger partial charge in [-0.05, 0) is 72.7 Å². The lowest BCUT2D eigenvalue weighted by atomic mass is 9.67. The van der Waals surface area contributed by atoms with Crippen molar-refractivity contribution in [2.24, 2.45) is 11.3 Å². The van der Waals surface area contributed by atoms with E-state index in [-0.39, 0.29) is 37.1 Å². The van der Waals surface area contributed by atoms with Gasteiger partial charge < -0.3 is 10.0 Å². The molecular formula is C31H33Cl2N3O5S. The second-order valence-corrected chi connectivity index (χ2v) is 14.4. The Hall–Kier alpha value is -3.14. The van der Waals surface area contributed by atoms with E-state index >= 15 is 0 Å². The number of piperidine rings is 1. The molecule has 8 nitrogen and oxygen atoms in total. The van der Waals surface area contributed by atoms with E-state index in [1.165, 1.54) is 10.5 Å². The van der Waals surface area contributed by atoms with Crippen molar-refractivity contribution in [1.82, 2.24) is 9.88 Å². The van der Waals surface area contributed by atoms with Crippen molar-refractivity contribution in [3.05, 3.63) is 94.2 Å². The fraction of sp³-hybridized carbons (Fsp3) is 0.387. The number of nitrogens with zero attached hydrogens (tertiary/aromatic N) is 3. The fourth-order valence-corrected chi connectivity index (χ4v) is 7.53. The third kappa shape index (κ3) is 6.43. The molecule has 2 heterocycles. The van der Waals surface area contributed by atoms with E-state index in [0.29, 0.717) is 15.7 Å². The molecule has 1 saturated carbocycles. The summed E-state index contributed by atoms with van der Waals surface area (Å²) in [5, 5.41) is 11.0. The van der Waals surface area contributed by atoms with Gasteiger partial charge in [-0.2, -0.15) is 0 Å². The molecule has 0 bridgehead atoms. The molecule has 222 valence electrons. The van der Waals surface area contributed by atoms with Gasteiger partial charge in [0, 0.05) is 22.2 Å². The van der Waals surface area contributed by atoms with Crippen molar-refractivity contribution < 1.29 is 23.1 Å². The van der Waals surface area contributed by atoms with Crippen LogP contribution in [0.3, 0.4) is 0 Å². The molecule has 4 unspecified atom stereocenters. The second kappa shape index (κ2) is 11.9. The summed E-state index contributed by atoms with van der Waals surface area (Å²) in [6.45, 7) is 1.71. The van der Waals surface area contributed by atoms with Gasteiger partial charge in [0.2, 0.25) is 15.9 Å². The smallest absolute Gasteiger partial charge is 0.304 e. The highest BCUT2D eigenvalue weighted by Crippen LogP contribution is 2.54. The van der Waals surface area contributed by atoms with Crippen molar-refractivity contribution in [3.63, 3.8) is 0 Å². The van der Waals surface area contributed by atoms with Crippen LogP contribution in [0.5, 0.6) is 0 Å². The summed E-state index contributed by atoms with van der Waals surface area (Å²) in [6, 6.07) is 17.0. The molecule has 1 aliphatic heterocycles. The van der Waals surface area contributed by atoms with Crippen LogP contribution in [0, 0.1) is 11.3 Å². The quantitative estimate of drug-likeness (QED) is 0.287. The maximum absolute atomic E-state index is 14.6. The van der Waals surface area contributed by atoms with E-state index in [2.05, 4.69) is 4.98 Å². The Kier molecular flexibility index (Phi) is 8.56. The highest BCUT2D eigenvalue weighted by atomic mass is 35.5. The number of rotatable bonds is 10. The minimum Gasteiger partial charge on any atom is -0.481 e. The third-order valence-corrected chi connectivity index (χ3v) is 9.99. The zero-order valence-corrected chi connectivity index (χ0v) is 25.7. The Labute approximate surface area is 256 Å². The standard InChI is InChI=1S/C31H33Cl2N3O5S/c1-31(17-28(37)38)16-26(22-5-3-6-24(33)15-22)29(21-10-12-23(32)13-11-21)36(30(31)39)27(20-8-9-20)19-35(42(2,40)41)25-7-4-14-34-18-25/h3-7,10-15,18,20,26-27,29H,8-9,16-17,19H2,1-2H3,(H,37,38). The first-order valence-corrected chi connectivity index (χ1v) is 16.4. The predicted octanol–water partition coefficient (Wildman–Crippen LogP) is 6.17. The molecule has 1 saturated heterocycles. The van der Waals surface area contributed by atoms with Gasteiger partial charge in [0.1, 0.15) is 0 Å². The largest absolute Gasteiger partial charge is 0.481 e. The summed E-state index contributed by atoms with van der Waals surface area (Å²) in [7, 11) is -3.76. The topological polar surface area (TPSA) is 108 Å². The molecule has 3 aromatic rings. The molecule has 2 aliphatic rings. The number of carboxylic acid groups (broad SMARTS) is 1. The Morgan fingerprint density at radius 2 is 1.81 bits per heavy atom. The fourth-order valence-electron chi connectivity index (χ4n) is 6.29. The summed E-state index contributed by atoms with van der Waals surface area (Å²) >= 11 is 12.7. The van der Waals surface area contributed by atoms with E-state index in [1.807, 2.05) is 30.3 Å². The average Bonchev–Trinajstić information content (AvgIpc) is 3.76. The van der Waals surface area contributed by atoms with Crippen LogP contribution < -0.4 is 4.31 Å². The number of carboxylic acids is 1. The normalized spacial score (nSPS) is 23.4. The summed E-state index contributed by atoms with van der Waals surface area (Å²) < 4.78 is 27.6. The number of hydrogen-bond donors (Lipinski definition) is 1. The lowest BCUT2D eigenvalue weighted by molar-refractivity contribution is -0.160. The van der Waals surface area contributed by atoms with E-state index in [9.17, 15) is 23.1 Å². The summed E-state index contributed by atoms with van der Waals surface area (Å²) in [5.74, 6) is -1.66. The van der Waals surface area contributed by atoms with Gasteiger partial charge in [0.05, 0.1) is 48.6 Å². The zero-order chi connectivity index (χ0) is 30.2. The molecule has 2 aromatic carbocycles. The first-order valence-electron chi connectivity index (χ1n) is 13.8. The van der Waals surface area contributed by atoms with Crippen molar-refractivity contribution >= 4 is 50.8 Å². The number of hydrogen-bond acceptors (Lipinski definition) is 5. The molecule has 4 atom stereocenters. The highest BCUT2D eigenvalue weighted by molar-refractivity contribution is 7.92. The summed E-state index contributed by atoms with van der Waals surface area (Å²) in [6.07, 6.45) is 5.76. The van der Waals surface area contributed by atoms with Gasteiger partial charge in [-0.15, -0.1) is 0 Å². The van der Waals surface area contributed by atoms with Crippen LogP contribution in [0.15, 0.2) is 73.1 Å². The van der Waals surface area contributed by atoms with Gasteiger partial charge in [0.15, 0.2) is 0 Å². The number of carbonyl (C=O) groups is 2. The van der Waals surface area contributed by atoms with Gasteiger partial charge in [-0.25, -0.2) is 8.42 Å². The van der Waals surface area contributed by atoms with Crippen LogP contribution in [0.1, 0.15) is 55.7 Å². The minimum atomic E-state index is -3.76. The number of carbonyl (C=O) groups excluding carboxylic acids is 1. The Morgan fingerprint density at radius 3 is 2.38 bits per heavy atom. The molecule has 0 radical (unpaired) electrons. The van der Waals surface area contributed by atoms with Crippen molar-refractivity contribution in [2.45, 2.75) is 50.6 Å². The lowest BCUT2D eigenvalue weighted by Crippen LogP contribution is -2.59. The van der Waals surface area contributed by atoms with Crippen molar-refractivity contribution in [1.29, 1.82) is 0 Å². The Bertz CT molecular complexity index is 1570. The van der Waals surface area contributed by atoms with Crippen LogP contribution in [-0.2, 0) is 19.6 Å². The zero-order valence-electron chi connectivity index (χ0n) is 23.4. The Morgan fingerprint density at radius 1 is 1.10 bits per heavy atom. The maximum atomic E-state index is 14.6. The SMILES string of the molecule is CC1(CC(=O)O)CC(c2cccc(Cl)c2)C(c2ccc(Cl)cc2)N(C(CN(c2cccnc2)S(C)(=O)=O)C2CC2)C1=O. The number of pyridine rings is 1. The molecule has 1 aromatic heterocycles. The van der Waals surface area contributed by atoms with E-state index in [1.54, 1.807) is 48.4 Å². The van der Waals surface area contributed by atoms with E-state index in [0.717, 1.165) is 30.2 Å². The van der Waals surface area contributed by atoms with Crippen LogP contribution >= 0.6 is 23.2 Å². The number of amides is 1. The molecule has 11 heteroatoms. The number of aromatic nitrogens is 1. The van der Waals surface area contributed by atoms with Gasteiger partial charge in [-0.1, -0.05) is 54.4 Å².